The van der Waals surface area contributed by atoms with E-state index in [1.54, 1.807) is 18.2 Å². The van der Waals surface area contributed by atoms with Gasteiger partial charge in [-0.1, -0.05) is 6.07 Å². The SMILES string of the molecule is CCOc1ccc(CNS(=O)(=O)c2ccc(C(=O)OC)cc2)cc1OC. The zero-order chi connectivity index (χ0) is 19.2. The normalized spacial score (nSPS) is 11.0. The average Bonchev–Trinajstić information content (AvgIpc) is 2.67. The van der Waals surface area contributed by atoms with E-state index in [4.69, 9.17) is 9.47 Å². The molecule has 2 aromatic rings. The predicted octanol–water partition coefficient (Wildman–Crippen LogP) is 2.36. The maximum absolute atomic E-state index is 12.4. The summed E-state index contributed by atoms with van der Waals surface area (Å²) < 4.78 is 42.6. The second kappa shape index (κ2) is 8.68. The molecule has 0 aliphatic carbocycles. The second-order valence-electron chi connectivity index (χ2n) is 5.26. The molecule has 0 radical (unpaired) electrons. The lowest BCUT2D eigenvalue weighted by atomic mass is 10.2. The van der Waals surface area contributed by atoms with Crippen molar-refractivity contribution in [2.75, 3.05) is 20.8 Å². The Bertz CT molecular complexity index is 862. The van der Waals surface area contributed by atoms with Crippen LogP contribution in [0.4, 0.5) is 0 Å². The van der Waals surface area contributed by atoms with Gasteiger partial charge in [-0.25, -0.2) is 17.9 Å². The van der Waals surface area contributed by atoms with Crippen molar-refractivity contribution in [1.82, 2.24) is 4.72 Å². The van der Waals surface area contributed by atoms with E-state index in [1.807, 2.05) is 6.92 Å². The highest BCUT2D eigenvalue weighted by molar-refractivity contribution is 7.89. The summed E-state index contributed by atoms with van der Waals surface area (Å²) in [6.45, 7) is 2.46. The molecule has 0 saturated carbocycles. The summed E-state index contributed by atoms with van der Waals surface area (Å²) in [5.41, 5.74) is 1.00. The zero-order valence-electron chi connectivity index (χ0n) is 14.8. The fourth-order valence-electron chi connectivity index (χ4n) is 2.25. The smallest absolute Gasteiger partial charge is 0.337 e. The largest absolute Gasteiger partial charge is 0.493 e. The Kier molecular flexibility index (Phi) is 6.59. The lowest BCUT2D eigenvalue weighted by molar-refractivity contribution is 0.0600. The predicted molar refractivity (Wildman–Crippen MR) is 96.0 cm³/mol. The van der Waals surface area contributed by atoms with Crippen molar-refractivity contribution < 1.29 is 27.4 Å². The lowest BCUT2D eigenvalue weighted by Gasteiger charge is -2.12. The van der Waals surface area contributed by atoms with Crippen molar-refractivity contribution in [1.29, 1.82) is 0 Å². The highest BCUT2D eigenvalue weighted by Gasteiger charge is 2.15. The van der Waals surface area contributed by atoms with Crippen molar-refractivity contribution in [3.63, 3.8) is 0 Å². The van der Waals surface area contributed by atoms with Crippen LogP contribution in [-0.2, 0) is 21.3 Å². The molecule has 0 fully saturated rings. The standard InChI is InChI=1S/C18H21NO6S/c1-4-25-16-10-5-13(11-17(16)23-2)12-19-26(21,22)15-8-6-14(7-9-15)18(20)24-3/h5-11,19H,4,12H2,1-3H3. The summed E-state index contributed by atoms with van der Waals surface area (Å²) >= 11 is 0. The molecule has 0 heterocycles. The van der Waals surface area contributed by atoms with Crippen LogP contribution >= 0.6 is 0 Å². The Morgan fingerprint density at radius 1 is 1.04 bits per heavy atom. The number of sulfonamides is 1. The zero-order valence-corrected chi connectivity index (χ0v) is 15.6. The van der Waals surface area contributed by atoms with Gasteiger partial charge in [0.1, 0.15) is 0 Å². The Labute approximate surface area is 152 Å². The number of carbonyl (C=O) groups excluding carboxylic acids is 1. The molecule has 1 N–H and O–H groups in total. The van der Waals surface area contributed by atoms with Crippen molar-refractivity contribution in [3.05, 3.63) is 53.6 Å². The minimum absolute atomic E-state index is 0.0584. The molecule has 0 saturated heterocycles. The van der Waals surface area contributed by atoms with Crippen LogP contribution in [0.25, 0.3) is 0 Å². The average molecular weight is 379 g/mol. The summed E-state index contributed by atoms with van der Waals surface area (Å²) in [6.07, 6.45) is 0. The summed E-state index contributed by atoms with van der Waals surface area (Å²) in [7, 11) is -0.936. The Morgan fingerprint density at radius 2 is 1.73 bits per heavy atom. The molecule has 0 amide bonds. The van der Waals surface area contributed by atoms with Crippen LogP contribution in [0.1, 0.15) is 22.8 Å². The molecule has 0 unspecified atom stereocenters. The molecule has 0 bridgehead atoms. The number of esters is 1. The molecule has 140 valence electrons. The van der Waals surface area contributed by atoms with Gasteiger partial charge in [-0.15, -0.1) is 0 Å². The molecule has 0 aliphatic heterocycles. The number of ether oxygens (including phenoxy) is 3. The van der Waals surface area contributed by atoms with Crippen molar-refractivity contribution in [2.24, 2.45) is 0 Å². The number of benzene rings is 2. The molecule has 0 aliphatic rings. The van der Waals surface area contributed by atoms with Gasteiger partial charge in [0.2, 0.25) is 10.0 Å². The third kappa shape index (κ3) is 4.74. The second-order valence-corrected chi connectivity index (χ2v) is 7.03. The number of hydrogen-bond acceptors (Lipinski definition) is 6. The van der Waals surface area contributed by atoms with Crippen LogP contribution in [0.15, 0.2) is 47.4 Å². The Balaban J connectivity index is 2.11. The van der Waals surface area contributed by atoms with Crippen LogP contribution < -0.4 is 14.2 Å². The van der Waals surface area contributed by atoms with Gasteiger partial charge in [-0.2, -0.15) is 0 Å². The van der Waals surface area contributed by atoms with Gasteiger partial charge in [0.05, 0.1) is 31.3 Å². The number of hydrogen-bond donors (Lipinski definition) is 1. The maximum atomic E-state index is 12.4. The summed E-state index contributed by atoms with van der Waals surface area (Å²) in [6, 6.07) is 10.7. The van der Waals surface area contributed by atoms with Crippen LogP contribution in [0.3, 0.4) is 0 Å². The van der Waals surface area contributed by atoms with Gasteiger partial charge in [-0.05, 0) is 48.9 Å². The highest BCUT2D eigenvalue weighted by Crippen LogP contribution is 2.28. The van der Waals surface area contributed by atoms with Gasteiger partial charge in [0, 0.05) is 6.54 Å². The molecule has 0 spiro atoms. The molecule has 0 atom stereocenters. The van der Waals surface area contributed by atoms with E-state index in [-0.39, 0.29) is 17.0 Å². The van der Waals surface area contributed by atoms with Crippen LogP contribution in [0, 0.1) is 0 Å². The Hall–Kier alpha value is -2.58. The maximum Gasteiger partial charge on any atom is 0.337 e. The van der Waals surface area contributed by atoms with Crippen molar-refractivity contribution in [3.8, 4) is 11.5 Å². The van der Waals surface area contributed by atoms with E-state index in [0.717, 1.165) is 5.56 Å². The van der Waals surface area contributed by atoms with Gasteiger partial charge >= 0.3 is 5.97 Å². The van der Waals surface area contributed by atoms with Crippen LogP contribution in [0.5, 0.6) is 11.5 Å². The monoisotopic (exact) mass is 379 g/mol. The highest BCUT2D eigenvalue weighted by atomic mass is 32.2. The van der Waals surface area contributed by atoms with E-state index in [2.05, 4.69) is 9.46 Å². The summed E-state index contributed by atoms with van der Waals surface area (Å²) in [5, 5.41) is 0. The Morgan fingerprint density at radius 3 is 2.31 bits per heavy atom. The quantitative estimate of drug-likeness (QED) is 0.708. The molecule has 7 nitrogen and oxygen atoms in total. The lowest BCUT2D eigenvalue weighted by Crippen LogP contribution is -2.23. The first-order chi connectivity index (χ1) is 12.4. The number of methoxy groups -OCH3 is 2. The van der Waals surface area contributed by atoms with E-state index < -0.39 is 16.0 Å². The van der Waals surface area contributed by atoms with Gasteiger partial charge in [0.15, 0.2) is 11.5 Å². The topological polar surface area (TPSA) is 90.9 Å². The van der Waals surface area contributed by atoms with Gasteiger partial charge in [0.25, 0.3) is 0 Å². The summed E-state index contributed by atoms with van der Waals surface area (Å²) in [4.78, 5) is 11.5. The van der Waals surface area contributed by atoms with E-state index in [9.17, 15) is 13.2 Å². The van der Waals surface area contributed by atoms with E-state index in [0.29, 0.717) is 18.1 Å². The van der Waals surface area contributed by atoms with Crippen LogP contribution in [0.2, 0.25) is 0 Å². The molecule has 26 heavy (non-hydrogen) atoms. The van der Waals surface area contributed by atoms with Crippen molar-refractivity contribution >= 4 is 16.0 Å². The minimum atomic E-state index is -3.72. The first kappa shape index (κ1) is 19.7. The molecule has 0 aromatic heterocycles. The summed E-state index contributed by atoms with van der Waals surface area (Å²) in [5.74, 6) is 0.606. The molecular formula is C18H21NO6S. The van der Waals surface area contributed by atoms with E-state index >= 15 is 0 Å². The third-order valence-electron chi connectivity index (χ3n) is 3.58. The number of rotatable bonds is 8. The minimum Gasteiger partial charge on any atom is -0.493 e. The fraction of sp³-hybridized carbons (Fsp3) is 0.278. The van der Waals surface area contributed by atoms with E-state index in [1.165, 1.54) is 38.5 Å². The number of nitrogens with one attached hydrogen (secondary N) is 1. The van der Waals surface area contributed by atoms with Crippen molar-refractivity contribution in [2.45, 2.75) is 18.4 Å². The first-order valence-corrected chi connectivity index (χ1v) is 9.37. The molecule has 2 aromatic carbocycles. The molecule has 8 heteroatoms. The van der Waals surface area contributed by atoms with Crippen LogP contribution in [-0.4, -0.2) is 35.2 Å². The first-order valence-electron chi connectivity index (χ1n) is 7.89. The van der Waals surface area contributed by atoms with Gasteiger partial charge in [-0.3, -0.25) is 0 Å². The third-order valence-corrected chi connectivity index (χ3v) is 5.00. The number of carbonyl (C=O) groups is 1. The fourth-order valence-corrected chi connectivity index (χ4v) is 3.26. The molecule has 2 rings (SSSR count). The van der Waals surface area contributed by atoms with Gasteiger partial charge < -0.3 is 14.2 Å². The molecular weight excluding hydrogens is 358 g/mol.